The van der Waals surface area contributed by atoms with Gasteiger partial charge in [-0.15, -0.1) is 0 Å². The number of ether oxygens (including phenoxy) is 3. The fourth-order valence-electron chi connectivity index (χ4n) is 5.51. The van der Waals surface area contributed by atoms with Gasteiger partial charge in [0.05, 0.1) is 11.0 Å². The van der Waals surface area contributed by atoms with Crippen LogP contribution in [0.2, 0.25) is 0 Å². The van der Waals surface area contributed by atoms with Crippen molar-refractivity contribution in [1.82, 2.24) is 0 Å². The van der Waals surface area contributed by atoms with Crippen LogP contribution in [0.4, 0.5) is 8.78 Å². The van der Waals surface area contributed by atoms with Gasteiger partial charge in [-0.3, -0.25) is 4.79 Å². The molecule has 0 heterocycles. The molecule has 0 saturated heterocycles. The molecule has 4 aliphatic rings. The normalized spacial score (nSPS) is 35.2. The molecule has 7 heteroatoms. The number of esters is 2. The summed E-state index contributed by atoms with van der Waals surface area (Å²) in [7, 11) is 0. The second-order valence-electron chi connectivity index (χ2n) is 9.95. The fourth-order valence-corrected chi connectivity index (χ4v) is 5.51. The van der Waals surface area contributed by atoms with Gasteiger partial charge in [0, 0.05) is 6.92 Å². The molecule has 0 aromatic carbocycles. The largest absolute Gasteiger partial charge is 0.459 e. The van der Waals surface area contributed by atoms with Gasteiger partial charge in [-0.2, -0.15) is 0 Å². The number of rotatable bonds is 6. The molecule has 0 aromatic rings. The molecule has 5 nitrogen and oxygen atoms in total. The van der Waals surface area contributed by atoms with E-state index in [0.29, 0.717) is 31.1 Å². The predicted octanol–water partition coefficient (Wildman–Crippen LogP) is 3.88. The van der Waals surface area contributed by atoms with Gasteiger partial charge in [0.1, 0.15) is 12.2 Å². The molecule has 154 valence electrons. The molecule has 0 radical (unpaired) electrons. The molecule has 4 aliphatic carbocycles. The summed E-state index contributed by atoms with van der Waals surface area (Å²) in [6.45, 7) is 5.08. The van der Waals surface area contributed by atoms with Gasteiger partial charge in [-0.1, -0.05) is 0 Å². The summed E-state index contributed by atoms with van der Waals surface area (Å²) in [4.78, 5) is 24.8. The third-order valence-corrected chi connectivity index (χ3v) is 5.81. The van der Waals surface area contributed by atoms with Gasteiger partial charge in [0.15, 0.2) is 6.61 Å². The first-order valence-corrected chi connectivity index (χ1v) is 9.71. The number of carbonyl (C=O) groups excluding carboxylic acids is 2. The Hall–Kier alpha value is -1.24. The highest BCUT2D eigenvalue weighted by Crippen LogP contribution is 2.63. The van der Waals surface area contributed by atoms with Crippen LogP contribution in [-0.2, 0) is 23.8 Å². The lowest BCUT2D eigenvalue weighted by Crippen LogP contribution is -2.60. The summed E-state index contributed by atoms with van der Waals surface area (Å²) < 4.78 is 42.6. The molecule has 2 atom stereocenters. The molecule has 2 unspecified atom stereocenters. The average molecular weight is 388 g/mol. The Morgan fingerprint density at radius 3 is 2.15 bits per heavy atom. The van der Waals surface area contributed by atoms with E-state index in [0.717, 1.165) is 26.2 Å². The topological polar surface area (TPSA) is 61.8 Å². The maximum atomic E-state index is 13.1. The Kier molecular flexibility index (Phi) is 5.07. The SMILES string of the molecule is CC(F)(F)COC(=O)C12CC3CC(CC(OCC(=O)OC(C)(C)C)(C3)C1)C2. The van der Waals surface area contributed by atoms with E-state index in [-0.39, 0.29) is 6.61 Å². The van der Waals surface area contributed by atoms with Crippen molar-refractivity contribution in [2.24, 2.45) is 17.3 Å². The second kappa shape index (κ2) is 6.68. The highest BCUT2D eigenvalue weighted by atomic mass is 19.3. The lowest BCUT2D eigenvalue weighted by molar-refractivity contribution is -0.218. The zero-order valence-electron chi connectivity index (χ0n) is 16.6. The Balaban J connectivity index is 1.68. The third kappa shape index (κ3) is 4.79. The van der Waals surface area contributed by atoms with Crippen molar-refractivity contribution in [3.05, 3.63) is 0 Å². The minimum absolute atomic E-state index is 0.158. The summed E-state index contributed by atoms with van der Waals surface area (Å²) in [6, 6.07) is 0. The molecule has 27 heavy (non-hydrogen) atoms. The molecule has 4 bridgehead atoms. The van der Waals surface area contributed by atoms with Crippen LogP contribution in [0.15, 0.2) is 0 Å². The third-order valence-electron chi connectivity index (χ3n) is 5.81. The van der Waals surface area contributed by atoms with Gasteiger partial charge in [-0.05, 0) is 71.1 Å². The summed E-state index contributed by atoms with van der Waals surface area (Å²) in [5, 5.41) is 0. The maximum Gasteiger partial charge on any atom is 0.332 e. The highest BCUT2D eigenvalue weighted by Gasteiger charge is 2.62. The quantitative estimate of drug-likeness (QED) is 0.646. The Labute approximate surface area is 159 Å². The average Bonchev–Trinajstić information content (AvgIpc) is 2.47. The van der Waals surface area contributed by atoms with Gasteiger partial charge in [-0.25, -0.2) is 13.6 Å². The van der Waals surface area contributed by atoms with Crippen LogP contribution in [0.3, 0.4) is 0 Å². The van der Waals surface area contributed by atoms with E-state index < -0.39 is 41.1 Å². The first-order chi connectivity index (χ1) is 12.3. The van der Waals surface area contributed by atoms with Crippen molar-refractivity contribution >= 4 is 11.9 Å². The van der Waals surface area contributed by atoms with Crippen LogP contribution in [0.25, 0.3) is 0 Å². The van der Waals surface area contributed by atoms with E-state index >= 15 is 0 Å². The van der Waals surface area contributed by atoms with Gasteiger partial charge in [0.2, 0.25) is 0 Å². The molecule has 4 rings (SSSR count). The Morgan fingerprint density at radius 2 is 1.63 bits per heavy atom. The number of hydrogen-bond donors (Lipinski definition) is 0. The van der Waals surface area contributed by atoms with E-state index in [1.54, 1.807) is 20.8 Å². The minimum Gasteiger partial charge on any atom is -0.459 e. The fraction of sp³-hybridized carbons (Fsp3) is 0.900. The zero-order chi connectivity index (χ0) is 20.1. The van der Waals surface area contributed by atoms with Crippen LogP contribution >= 0.6 is 0 Å². The van der Waals surface area contributed by atoms with Crippen molar-refractivity contribution in [2.45, 2.75) is 83.3 Å². The number of carbonyl (C=O) groups is 2. The van der Waals surface area contributed by atoms with Crippen molar-refractivity contribution < 1.29 is 32.6 Å². The van der Waals surface area contributed by atoms with Crippen LogP contribution in [0.1, 0.15) is 66.2 Å². The second-order valence-corrected chi connectivity index (χ2v) is 9.95. The molecular weight excluding hydrogens is 358 g/mol. The van der Waals surface area contributed by atoms with Crippen molar-refractivity contribution in [1.29, 1.82) is 0 Å². The molecular formula is C20H30F2O5. The highest BCUT2D eigenvalue weighted by molar-refractivity contribution is 5.78. The van der Waals surface area contributed by atoms with E-state index in [2.05, 4.69) is 0 Å². The van der Waals surface area contributed by atoms with E-state index in [4.69, 9.17) is 14.2 Å². The smallest absolute Gasteiger partial charge is 0.332 e. The van der Waals surface area contributed by atoms with E-state index in [9.17, 15) is 18.4 Å². The molecule has 4 fully saturated rings. The maximum absolute atomic E-state index is 13.1. The molecule has 4 saturated carbocycles. The first-order valence-electron chi connectivity index (χ1n) is 9.71. The van der Waals surface area contributed by atoms with Gasteiger partial charge < -0.3 is 14.2 Å². The number of halogens is 2. The molecule has 0 amide bonds. The molecule has 0 N–H and O–H groups in total. The number of hydrogen-bond acceptors (Lipinski definition) is 5. The summed E-state index contributed by atoms with van der Waals surface area (Å²) >= 11 is 0. The van der Waals surface area contributed by atoms with Crippen LogP contribution < -0.4 is 0 Å². The van der Waals surface area contributed by atoms with Crippen molar-refractivity contribution in [3.8, 4) is 0 Å². The van der Waals surface area contributed by atoms with Crippen LogP contribution in [0, 0.1) is 17.3 Å². The lowest BCUT2D eigenvalue weighted by atomic mass is 9.48. The van der Waals surface area contributed by atoms with Crippen LogP contribution in [-0.4, -0.2) is 42.3 Å². The standard InChI is InChI=1S/C20H30F2O5/c1-17(2,3)27-15(23)10-26-20-8-13-5-14(9-20)7-19(6-13,11-20)16(24)25-12-18(4,21)22/h13-14H,5-12H2,1-4H3. The molecule has 0 spiro atoms. The monoisotopic (exact) mass is 388 g/mol. The summed E-state index contributed by atoms with van der Waals surface area (Å²) in [5.74, 6) is -3.40. The lowest BCUT2D eigenvalue weighted by Gasteiger charge is -2.60. The van der Waals surface area contributed by atoms with Gasteiger partial charge in [0.25, 0.3) is 5.92 Å². The molecule has 0 aliphatic heterocycles. The summed E-state index contributed by atoms with van der Waals surface area (Å²) in [5.41, 5.74) is -1.91. The minimum atomic E-state index is -3.04. The number of alkyl halides is 2. The Bertz CT molecular complexity index is 590. The molecule has 0 aromatic heterocycles. The first kappa shape index (κ1) is 20.5. The van der Waals surface area contributed by atoms with Crippen molar-refractivity contribution in [3.63, 3.8) is 0 Å². The predicted molar refractivity (Wildman–Crippen MR) is 93.2 cm³/mol. The van der Waals surface area contributed by atoms with E-state index in [1.807, 2.05) is 0 Å². The van der Waals surface area contributed by atoms with Crippen LogP contribution in [0.5, 0.6) is 0 Å². The van der Waals surface area contributed by atoms with Crippen molar-refractivity contribution in [2.75, 3.05) is 13.2 Å². The van der Waals surface area contributed by atoms with Gasteiger partial charge >= 0.3 is 11.9 Å². The Morgan fingerprint density at radius 1 is 1.04 bits per heavy atom. The summed E-state index contributed by atoms with van der Waals surface area (Å²) in [6.07, 6.45) is 4.38. The zero-order valence-corrected chi connectivity index (χ0v) is 16.6. The van der Waals surface area contributed by atoms with E-state index in [1.165, 1.54) is 0 Å².